The molecule has 1 atom stereocenters. The van der Waals surface area contributed by atoms with E-state index in [4.69, 9.17) is 0 Å². The number of allylic oxidation sites excluding steroid dienone is 2. The lowest BCUT2D eigenvalue weighted by molar-refractivity contribution is -0.118. The molecule has 22 heavy (non-hydrogen) atoms. The maximum absolute atomic E-state index is 12.9. The monoisotopic (exact) mass is 312 g/mol. The van der Waals surface area contributed by atoms with Crippen molar-refractivity contribution in [3.05, 3.63) is 50.5 Å². The van der Waals surface area contributed by atoms with Crippen LogP contribution in [-0.4, -0.2) is 16.0 Å². The van der Waals surface area contributed by atoms with E-state index in [0.29, 0.717) is 12.2 Å². The van der Waals surface area contributed by atoms with Gasteiger partial charge in [-0.05, 0) is 30.2 Å². The van der Waals surface area contributed by atoms with E-state index in [0.717, 1.165) is 29.8 Å². The molecule has 0 aromatic carbocycles. The minimum absolute atomic E-state index is 0.0682. The van der Waals surface area contributed by atoms with Crippen molar-refractivity contribution < 1.29 is 4.79 Å². The number of aryl methyl sites for hydroxylation is 1. The maximum atomic E-state index is 12.9. The number of Topliss-reactive ketones (excluding diaryl/α,β-unsaturated/α-hetero) is 1. The molecule has 1 N–H and O–H groups in total. The summed E-state index contributed by atoms with van der Waals surface area (Å²) in [6.07, 6.45) is 2.48. The van der Waals surface area contributed by atoms with Crippen molar-refractivity contribution in [2.24, 2.45) is 5.41 Å². The van der Waals surface area contributed by atoms with Crippen molar-refractivity contribution in [1.29, 1.82) is 0 Å². The van der Waals surface area contributed by atoms with Crippen molar-refractivity contribution in [1.82, 2.24) is 10.2 Å². The highest BCUT2D eigenvalue weighted by Crippen LogP contribution is 2.49. The number of fused-ring (bicyclic) bond motifs is 1. The third kappa shape index (κ3) is 2.01. The third-order valence-electron chi connectivity index (χ3n) is 4.87. The van der Waals surface area contributed by atoms with Gasteiger partial charge in [0, 0.05) is 34.5 Å². The van der Waals surface area contributed by atoms with Crippen molar-refractivity contribution in [3.63, 3.8) is 0 Å². The van der Waals surface area contributed by atoms with Crippen LogP contribution in [0.3, 0.4) is 0 Å². The average Bonchev–Trinajstić information content (AvgIpc) is 3.05. The number of ketones is 1. The second kappa shape index (κ2) is 4.66. The predicted molar refractivity (Wildman–Crippen MR) is 88.2 cm³/mol. The smallest absolute Gasteiger partial charge is 0.160 e. The van der Waals surface area contributed by atoms with E-state index in [-0.39, 0.29) is 11.3 Å². The van der Waals surface area contributed by atoms with Crippen LogP contribution in [0.25, 0.3) is 0 Å². The summed E-state index contributed by atoms with van der Waals surface area (Å²) in [5.41, 5.74) is 5.88. The van der Waals surface area contributed by atoms with Crippen LogP contribution in [0.2, 0.25) is 0 Å². The second-order valence-corrected chi connectivity index (χ2v) is 8.27. The van der Waals surface area contributed by atoms with Gasteiger partial charge in [-0.3, -0.25) is 9.89 Å². The zero-order chi connectivity index (χ0) is 15.5. The van der Waals surface area contributed by atoms with Gasteiger partial charge >= 0.3 is 0 Å². The summed E-state index contributed by atoms with van der Waals surface area (Å²) in [5.74, 6) is 0.414. The topological polar surface area (TPSA) is 45.8 Å². The highest BCUT2D eigenvalue weighted by molar-refractivity contribution is 7.10. The zero-order valence-electron chi connectivity index (χ0n) is 13.2. The molecule has 0 spiro atoms. The van der Waals surface area contributed by atoms with Crippen molar-refractivity contribution in [2.45, 2.75) is 46.0 Å². The summed E-state index contributed by atoms with van der Waals surface area (Å²) in [4.78, 5) is 14.2. The summed E-state index contributed by atoms with van der Waals surface area (Å²) in [6.45, 7) is 6.45. The number of carbonyl (C=O) groups is 1. The van der Waals surface area contributed by atoms with E-state index in [1.54, 1.807) is 11.3 Å². The molecule has 2 aliphatic rings. The molecule has 0 amide bonds. The summed E-state index contributed by atoms with van der Waals surface area (Å²) >= 11 is 1.73. The lowest BCUT2D eigenvalue weighted by Gasteiger charge is -2.37. The first kappa shape index (κ1) is 13.9. The van der Waals surface area contributed by atoms with E-state index < -0.39 is 0 Å². The fraction of sp³-hybridized carbons (Fsp3) is 0.444. The van der Waals surface area contributed by atoms with Crippen LogP contribution in [0.15, 0.2) is 28.7 Å². The minimum Gasteiger partial charge on any atom is -0.294 e. The summed E-state index contributed by atoms with van der Waals surface area (Å²) in [7, 11) is 0. The number of nitrogens with zero attached hydrogens (tertiary/aromatic N) is 1. The van der Waals surface area contributed by atoms with E-state index in [9.17, 15) is 4.79 Å². The van der Waals surface area contributed by atoms with Crippen LogP contribution in [0.1, 0.15) is 54.4 Å². The molecule has 114 valence electrons. The standard InChI is InChI=1S/C18H20N2OS/c1-10-15-12(20-19-10)7-11-8-18(2,3)9-13(21)16(11)17(15)14-5-4-6-22-14/h4-6,17H,7-9H2,1-3H3,(H,19,20)/t17-/m0/s1. The number of aromatic amines is 1. The second-order valence-electron chi connectivity index (χ2n) is 7.29. The first-order valence-corrected chi connectivity index (χ1v) is 8.66. The van der Waals surface area contributed by atoms with Gasteiger partial charge in [-0.2, -0.15) is 5.10 Å². The molecule has 2 aliphatic carbocycles. The van der Waals surface area contributed by atoms with Crippen LogP contribution >= 0.6 is 11.3 Å². The number of rotatable bonds is 1. The number of aromatic nitrogens is 2. The molecule has 4 heteroatoms. The third-order valence-corrected chi connectivity index (χ3v) is 5.81. The van der Waals surface area contributed by atoms with Crippen LogP contribution < -0.4 is 0 Å². The molecular weight excluding hydrogens is 292 g/mol. The van der Waals surface area contributed by atoms with Crippen molar-refractivity contribution in [3.8, 4) is 0 Å². The molecule has 0 bridgehead atoms. The molecular formula is C18H20N2OS. The molecule has 0 radical (unpaired) electrons. The van der Waals surface area contributed by atoms with E-state index in [1.165, 1.54) is 16.0 Å². The number of H-pyrrole nitrogens is 1. The molecule has 0 saturated carbocycles. The fourth-order valence-corrected chi connectivity index (χ4v) is 4.92. The SMILES string of the molecule is Cc1[nH]nc2c1[C@H](c1cccs1)C1=C(C2)CC(C)(C)CC1=O. The quantitative estimate of drug-likeness (QED) is 0.859. The average molecular weight is 312 g/mol. The molecule has 0 unspecified atom stereocenters. The predicted octanol–water partition coefficient (Wildman–Crippen LogP) is 4.15. The van der Waals surface area contributed by atoms with Gasteiger partial charge in [0.15, 0.2) is 5.78 Å². The summed E-state index contributed by atoms with van der Waals surface area (Å²) in [5, 5.41) is 9.74. The lowest BCUT2D eigenvalue weighted by Crippen LogP contribution is -2.31. The highest BCUT2D eigenvalue weighted by Gasteiger charge is 2.42. The molecule has 0 aliphatic heterocycles. The Bertz CT molecular complexity index is 780. The number of hydrogen-bond acceptors (Lipinski definition) is 3. The van der Waals surface area contributed by atoms with Gasteiger partial charge in [0.1, 0.15) is 0 Å². The van der Waals surface area contributed by atoms with Crippen LogP contribution in [-0.2, 0) is 11.2 Å². The molecule has 2 aromatic heterocycles. The minimum atomic E-state index is 0.0682. The van der Waals surface area contributed by atoms with E-state index >= 15 is 0 Å². The molecule has 4 rings (SSSR count). The number of nitrogens with one attached hydrogen (secondary N) is 1. The normalized spacial score (nSPS) is 23.4. The van der Waals surface area contributed by atoms with Gasteiger partial charge in [-0.15, -0.1) is 11.3 Å². The van der Waals surface area contributed by atoms with Crippen LogP contribution in [0.5, 0.6) is 0 Å². The Morgan fingerprint density at radius 2 is 2.18 bits per heavy atom. The van der Waals surface area contributed by atoms with Crippen LogP contribution in [0.4, 0.5) is 0 Å². The van der Waals surface area contributed by atoms with Crippen LogP contribution in [0, 0.1) is 12.3 Å². The van der Waals surface area contributed by atoms with Crippen molar-refractivity contribution >= 4 is 17.1 Å². The first-order chi connectivity index (χ1) is 10.5. The molecule has 2 heterocycles. The van der Waals surface area contributed by atoms with Gasteiger partial charge in [0.2, 0.25) is 0 Å². The summed E-state index contributed by atoms with van der Waals surface area (Å²) in [6, 6.07) is 4.22. The molecule has 2 aromatic rings. The summed E-state index contributed by atoms with van der Waals surface area (Å²) < 4.78 is 0. The lowest BCUT2D eigenvalue weighted by atomic mass is 9.66. The maximum Gasteiger partial charge on any atom is 0.160 e. The molecule has 0 saturated heterocycles. The number of hydrogen-bond donors (Lipinski definition) is 1. The van der Waals surface area contributed by atoms with Gasteiger partial charge in [-0.25, -0.2) is 0 Å². The number of carbonyl (C=O) groups excluding carboxylic acids is 1. The molecule has 0 fully saturated rings. The zero-order valence-corrected chi connectivity index (χ0v) is 14.0. The molecule has 3 nitrogen and oxygen atoms in total. The Morgan fingerprint density at radius 1 is 1.36 bits per heavy atom. The van der Waals surface area contributed by atoms with Gasteiger partial charge < -0.3 is 0 Å². The van der Waals surface area contributed by atoms with E-state index in [2.05, 4.69) is 48.5 Å². The Labute approximate surface area is 134 Å². The van der Waals surface area contributed by atoms with Gasteiger partial charge in [0.05, 0.1) is 11.6 Å². The van der Waals surface area contributed by atoms with Crippen molar-refractivity contribution in [2.75, 3.05) is 0 Å². The number of thiophene rings is 1. The van der Waals surface area contributed by atoms with Gasteiger partial charge in [0.25, 0.3) is 0 Å². The van der Waals surface area contributed by atoms with Gasteiger partial charge in [-0.1, -0.05) is 25.5 Å². The Balaban J connectivity index is 1.94. The highest BCUT2D eigenvalue weighted by atomic mass is 32.1. The van der Waals surface area contributed by atoms with E-state index in [1.807, 2.05) is 0 Å². The Morgan fingerprint density at radius 3 is 2.91 bits per heavy atom. The first-order valence-electron chi connectivity index (χ1n) is 7.78. The largest absolute Gasteiger partial charge is 0.294 e. The Hall–Kier alpha value is -1.68. The fourth-order valence-electron chi connectivity index (χ4n) is 4.08. The Kier molecular flexibility index (Phi) is 2.95.